The smallest absolute Gasteiger partial charge is 0.416 e. The minimum absolute atomic E-state index is 0.0677. The molecular formula is C18H15F3N2O6. The van der Waals surface area contributed by atoms with Gasteiger partial charge < -0.3 is 14.8 Å². The van der Waals surface area contributed by atoms with Gasteiger partial charge in [-0.1, -0.05) is 6.07 Å². The summed E-state index contributed by atoms with van der Waals surface area (Å²) in [6, 6.07) is 7.28. The maximum absolute atomic E-state index is 12.7. The number of rotatable bonds is 6. The predicted octanol–water partition coefficient (Wildman–Crippen LogP) is 3.81. The molecule has 0 spiro atoms. The van der Waals surface area contributed by atoms with Crippen molar-refractivity contribution in [2.24, 2.45) is 0 Å². The van der Waals surface area contributed by atoms with Crippen molar-refractivity contribution in [3.05, 3.63) is 63.7 Å². The zero-order valence-electron chi connectivity index (χ0n) is 15.1. The molecule has 8 nitrogen and oxygen atoms in total. The number of ether oxygens (including phenoxy) is 2. The van der Waals surface area contributed by atoms with Gasteiger partial charge in [-0.25, -0.2) is 4.79 Å². The van der Waals surface area contributed by atoms with E-state index in [1.165, 1.54) is 32.2 Å². The number of carbonyl (C=O) groups excluding carboxylic acids is 2. The zero-order chi connectivity index (χ0) is 21.8. The van der Waals surface area contributed by atoms with E-state index in [-0.39, 0.29) is 17.0 Å². The molecule has 2 aromatic rings. The molecule has 0 aromatic heterocycles. The van der Waals surface area contributed by atoms with Crippen LogP contribution in [0.2, 0.25) is 0 Å². The SMILES string of the molecule is COc1ccc(C(=O)OC(C)C(=O)Nc2cccc(C(F)(F)F)c2)cc1[N+](=O)[O-]. The van der Waals surface area contributed by atoms with Crippen LogP contribution in [-0.2, 0) is 15.7 Å². The zero-order valence-corrected chi connectivity index (χ0v) is 15.1. The number of benzene rings is 2. The number of alkyl halides is 3. The Hall–Kier alpha value is -3.63. The van der Waals surface area contributed by atoms with E-state index in [0.717, 1.165) is 24.3 Å². The van der Waals surface area contributed by atoms with Crippen LogP contribution in [0.1, 0.15) is 22.8 Å². The van der Waals surface area contributed by atoms with Crippen LogP contribution in [0.15, 0.2) is 42.5 Å². The van der Waals surface area contributed by atoms with Crippen molar-refractivity contribution in [3.8, 4) is 5.75 Å². The average Bonchev–Trinajstić information content (AvgIpc) is 2.66. The lowest BCUT2D eigenvalue weighted by molar-refractivity contribution is -0.385. The number of nitro benzene ring substituents is 1. The van der Waals surface area contributed by atoms with Crippen LogP contribution in [0.25, 0.3) is 0 Å². The van der Waals surface area contributed by atoms with Crippen LogP contribution in [0, 0.1) is 10.1 Å². The van der Waals surface area contributed by atoms with E-state index < -0.39 is 40.3 Å². The minimum Gasteiger partial charge on any atom is -0.490 e. The van der Waals surface area contributed by atoms with Crippen molar-refractivity contribution in [1.29, 1.82) is 0 Å². The van der Waals surface area contributed by atoms with Gasteiger partial charge in [0.05, 0.1) is 23.2 Å². The molecule has 11 heteroatoms. The van der Waals surface area contributed by atoms with Crippen molar-refractivity contribution in [2.45, 2.75) is 19.2 Å². The molecule has 1 N–H and O–H groups in total. The third-order valence-corrected chi connectivity index (χ3v) is 3.72. The van der Waals surface area contributed by atoms with E-state index in [4.69, 9.17) is 9.47 Å². The Bertz CT molecular complexity index is 945. The summed E-state index contributed by atoms with van der Waals surface area (Å²) >= 11 is 0. The second-order valence-corrected chi connectivity index (χ2v) is 5.76. The van der Waals surface area contributed by atoms with Crippen molar-refractivity contribution in [1.82, 2.24) is 0 Å². The fourth-order valence-corrected chi connectivity index (χ4v) is 2.26. The van der Waals surface area contributed by atoms with Crippen molar-refractivity contribution < 1.29 is 37.2 Å². The van der Waals surface area contributed by atoms with Crippen LogP contribution >= 0.6 is 0 Å². The van der Waals surface area contributed by atoms with Crippen LogP contribution < -0.4 is 10.1 Å². The number of halogens is 3. The van der Waals surface area contributed by atoms with Gasteiger partial charge in [-0.05, 0) is 37.3 Å². The van der Waals surface area contributed by atoms with Crippen LogP contribution in [0.3, 0.4) is 0 Å². The molecule has 0 fully saturated rings. The van der Waals surface area contributed by atoms with Gasteiger partial charge in [-0.2, -0.15) is 13.2 Å². The first kappa shape index (κ1) is 21.7. The number of hydrogen-bond acceptors (Lipinski definition) is 6. The molecular weight excluding hydrogens is 397 g/mol. The molecule has 0 aliphatic carbocycles. The Labute approximate surface area is 162 Å². The molecule has 2 rings (SSSR count). The maximum atomic E-state index is 12.7. The molecule has 0 saturated carbocycles. The average molecular weight is 412 g/mol. The Balaban J connectivity index is 2.09. The normalized spacial score (nSPS) is 12.0. The molecule has 0 radical (unpaired) electrons. The van der Waals surface area contributed by atoms with Gasteiger partial charge in [0, 0.05) is 11.8 Å². The molecule has 1 amide bonds. The van der Waals surface area contributed by atoms with Crippen LogP contribution in [0.4, 0.5) is 24.5 Å². The Morgan fingerprint density at radius 1 is 1.17 bits per heavy atom. The number of carbonyl (C=O) groups is 2. The summed E-state index contributed by atoms with van der Waals surface area (Å²) in [6.45, 7) is 1.21. The monoisotopic (exact) mass is 412 g/mol. The molecule has 1 unspecified atom stereocenters. The molecule has 0 heterocycles. The molecule has 0 aliphatic rings. The van der Waals surface area contributed by atoms with E-state index in [0.29, 0.717) is 0 Å². The number of nitro groups is 1. The van der Waals surface area contributed by atoms with Gasteiger partial charge in [-0.15, -0.1) is 0 Å². The summed E-state index contributed by atoms with van der Waals surface area (Å²) in [7, 11) is 1.22. The number of methoxy groups -OCH3 is 1. The van der Waals surface area contributed by atoms with E-state index in [9.17, 15) is 32.9 Å². The first-order valence-corrected chi connectivity index (χ1v) is 8.04. The number of amides is 1. The van der Waals surface area contributed by atoms with Gasteiger partial charge in [-0.3, -0.25) is 14.9 Å². The number of anilines is 1. The highest BCUT2D eigenvalue weighted by Crippen LogP contribution is 2.31. The molecule has 2 aromatic carbocycles. The lowest BCUT2D eigenvalue weighted by Gasteiger charge is -2.15. The number of nitrogens with zero attached hydrogens (tertiary/aromatic N) is 1. The molecule has 154 valence electrons. The topological polar surface area (TPSA) is 108 Å². The second-order valence-electron chi connectivity index (χ2n) is 5.76. The first-order valence-electron chi connectivity index (χ1n) is 8.04. The third-order valence-electron chi connectivity index (χ3n) is 3.72. The highest BCUT2D eigenvalue weighted by molar-refractivity contribution is 5.97. The number of nitrogens with one attached hydrogen (secondary N) is 1. The minimum atomic E-state index is -4.58. The maximum Gasteiger partial charge on any atom is 0.416 e. The molecule has 29 heavy (non-hydrogen) atoms. The van der Waals surface area contributed by atoms with E-state index in [1.807, 2.05) is 0 Å². The summed E-state index contributed by atoms with van der Waals surface area (Å²) in [4.78, 5) is 34.5. The highest BCUT2D eigenvalue weighted by Gasteiger charge is 2.30. The van der Waals surface area contributed by atoms with Crippen molar-refractivity contribution in [3.63, 3.8) is 0 Å². The highest BCUT2D eigenvalue weighted by atomic mass is 19.4. The van der Waals surface area contributed by atoms with Crippen LogP contribution in [-0.4, -0.2) is 30.0 Å². The van der Waals surface area contributed by atoms with E-state index in [1.54, 1.807) is 0 Å². The summed E-state index contributed by atoms with van der Waals surface area (Å²) in [5.41, 5.74) is -1.75. The van der Waals surface area contributed by atoms with Crippen LogP contribution in [0.5, 0.6) is 5.75 Å². The van der Waals surface area contributed by atoms with E-state index in [2.05, 4.69) is 5.32 Å². The predicted molar refractivity (Wildman–Crippen MR) is 94.6 cm³/mol. The number of hydrogen-bond donors (Lipinski definition) is 1. The lowest BCUT2D eigenvalue weighted by atomic mass is 10.2. The van der Waals surface area contributed by atoms with Gasteiger partial charge >= 0.3 is 17.8 Å². The standard InChI is InChI=1S/C18H15F3N2O6/c1-10(16(24)22-13-5-3-4-12(9-13)18(19,20)21)29-17(25)11-6-7-15(28-2)14(8-11)23(26)27/h3-10H,1-2H3,(H,22,24). The molecule has 1 atom stereocenters. The lowest BCUT2D eigenvalue weighted by Crippen LogP contribution is -2.30. The summed E-state index contributed by atoms with van der Waals surface area (Å²) in [5.74, 6) is -1.97. The second kappa shape index (κ2) is 8.59. The molecule has 0 bridgehead atoms. The van der Waals surface area contributed by atoms with Gasteiger partial charge in [0.1, 0.15) is 0 Å². The fraction of sp³-hybridized carbons (Fsp3) is 0.222. The van der Waals surface area contributed by atoms with E-state index >= 15 is 0 Å². The Kier molecular flexibility index (Phi) is 6.42. The fourth-order valence-electron chi connectivity index (χ4n) is 2.26. The molecule has 0 saturated heterocycles. The largest absolute Gasteiger partial charge is 0.490 e. The summed E-state index contributed by atoms with van der Waals surface area (Å²) in [5, 5.41) is 13.2. The Morgan fingerprint density at radius 3 is 2.45 bits per heavy atom. The summed E-state index contributed by atoms with van der Waals surface area (Å²) < 4.78 is 47.9. The quantitative estimate of drug-likeness (QED) is 0.439. The van der Waals surface area contributed by atoms with Crippen molar-refractivity contribution in [2.75, 3.05) is 12.4 Å². The van der Waals surface area contributed by atoms with Crippen molar-refractivity contribution >= 4 is 23.3 Å². The van der Waals surface area contributed by atoms with Gasteiger partial charge in [0.15, 0.2) is 11.9 Å². The van der Waals surface area contributed by atoms with Gasteiger partial charge in [0.25, 0.3) is 5.91 Å². The number of esters is 1. The third kappa shape index (κ3) is 5.43. The van der Waals surface area contributed by atoms with Gasteiger partial charge in [0.2, 0.25) is 0 Å². The Morgan fingerprint density at radius 2 is 1.86 bits per heavy atom. The molecule has 0 aliphatic heterocycles. The first-order chi connectivity index (χ1) is 13.5. The summed E-state index contributed by atoms with van der Waals surface area (Å²) in [6.07, 6.45) is -5.96.